The summed E-state index contributed by atoms with van der Waals surface area (Å²) in [6.45, 7) is 4.80. The molecule has 2 aromatic carbocycles. The summed E-state index contributed by atoms with van der Waals surface area (Å²) < 4.78 is 18.6. The van der Waals surface area contributed by atoms with Gasteiger partial charge in [0.2, 0.25) is 5.91 Å². The average Bonchev–Trinajstić information content (AvgIpc) is 2.70. The van der Waals surface area contributed by atoms with Crippen molar-refractivity contribution in [3.05, 3.63) is 58.9 Å². The lowest BCUT2D eigenvalue weighted by Gasteiger charge is -2.31. The number of carbonyl (C=O) groups is 2. The number of amides is 2. The second-order valence-corrected chi connectivity index (χ2v) is 7.78. The fraction of sp³-hybridized carbons (Fsp3) is 0.364. The van der Waals surface area contributed by atoms with E-state index in [0.29, 0.717) is 48.0 Å². The maximum absolute atomic E-state index is 13.0. The lowest BCUT2D eigenvalue weighted by atomic mass is 9.95. The van der Waals surface area contributed by atoms with E-state index in [1.54, 1.807) is 23.1 Å². The van der Waals surface area contributed by atoms with Crippen LogP contribution in [0.25, 0.3) is 0 Å². The molecule has 2 aromatic rings. The molecule has 1 saturated heterocycles. The lowest BCUT2D eigenvalue weighted by Crippen LogP contribution is -2.41. The predicted octanol–water partition coefficient (Wildman–Crippen LogP) is 4.76. The summed E-state index contributed by atoms with van der Waals surface area (Å²) in [5.41, 5.74) is 1.06. The Morgan fingerprint density at radius 3 is 2.38 bits per heavy atom. The van der Waals surface area contributed by atoms with Crippen molar-refractivity contribution in [2.24, 2.45) is 5.92 Å². The first-order valence-electron chi connectivity index (χ1n) is 9.65. The van der Waals surface area contributed by atoms with E-state index in [1.807, 2.05) is 13.8 Å². The molecular formula is C22H24ClFN2O3. The van der Waals surface area contributed by atoms with Gasteiger partial charge in [0.25, 0.3) is 5.91 Å². The molecule has 0 aliphatic carbocycles. The highest BCUT2D eigenvalue weighted by molar-refractivity contribution is 6.32. The zero-order valence-corrected chi connectivity index (χ0v) is 17.2. The van der Waals surface area contributed by atoms with Crippen molar-refractivity contribution in [1.29, 1.82) is 0 Å². The topological polar surface area (TPSA) is 58.6 Å². The largest absolute Gasteiger partial charge is 0.489 e. The minimum absolute atomic E-state index is 0.00995. The van der Waals surface area contributed by atoms with Gasteiger partial charge in [-0.15, -0.1) is 0 Å². The number of rotatable bonds is 5. The molecule has 0 spiro atoms. The molecule has 1 fully saturated rings. The number of nitrogens with zero attached hydrogens (tertiary/aromatic N) is 1. The van der Waals surface area contributed by atoms with Crippen LogP contribution in [0.3, 0.4) is 0 Å². The summed E-state index contributed by atoms with van der Waals surface area (Å²) in [6, 6.07) is 10.7. The third kappa shape index (κ3) is 5.48. The van der Waals surface area contributed by atoms with Crippen LogP contribution in [0, 0.1) is 11.7 Å². The standard InChI is InChI=1S/C22H24ClFN2O3/c1-14(2)29-20-8-7-18(13-19(20)23)25-21(27)15-9-11-26(12-10-15)22(28)16-3-5-17(24)6-4-16/h3-8,13-15H,9-12H2,1-2H3,(H,25,27). The number of hydrogen-bond acceptors (Lipinski definition) is 3. The minimum Gasteiger partial charge on any atom is -0.489 e. The molecule has 1 aliphatic heterocycles. The van der Waals surface area contributed by atoms with E-state index in [0.717, 1.165) is 0 Å². The van der Waals surface area contributed by atoms with Gasteiger partial charge in [-0.25, -0.2) is 4.39 Å². The fourth-order valence-corrected chi connectivity index (χ4v) is 3.52. The second kappa shape index (κ2) is 9.27. The van der Waals surface area contributed by atoms with Crippen LogP contribution >= 0.6 is 11.6 Å². The normalized spacial score (nSPS) is 14.7. The van der Waals surface area contributed by atoms with Crippen molar-refractivity contribution in [3.63, 3.8) is 0 Å². The number of hydrogen-bond donors (Lipinski definition) is 1. The number of piperidine rings is 1. The summed E-state index contributed by atoms with van der Waals surface area (Å²) in [5.74, 6) is -0.213. The van der Waals surface area contributed by atoms with Crippen molar-refractivity contribution in [2.45, 2.75) is 32.8 Å². The van der Waals surface area contributed by atoms with Crippen LogP contribution in [0.15, 0.2) is 42.5 Å². The number of ether oxygens (including phenoxy) is 1. The van der Waals surface area contributed by atoms with Crippen LogP contribution in [-0.4, -0.2) is 35.9 Å². The molecule has 29 heavy (non-hydrogen) atoms. The highest BCUT2D eigenvalue weighted by Crippen LogP contribution is 2.29. The van der Waals surface area contributed by atoms with Gasteiger partial charge in [-0.1, -0.05) is 11.6 Å². The van der Waals surface area contributed by atoms with Crippen LogP contribution in [0.1, 0.15) is 37.0 Å². The number of nitrogens with one attached hydrogen (secondary N) is 1. The third-order valence-electron chi connectivity index (χ3n) is 4.81. The van der Waals surface area contributed by atoms with E-state index >= 15 is 0 Å². The zero-order valence-electron chi connectivity index (χ0n) is 16.5. The van der Waals surface area contributed by atoms with Crippen LogP contribution in [-0.2, 0) is 4.79 Å². The number of likely N-dealkylation sites (tertiary alicyclic amines) is 1. The molecule has 3 rings (SSSR count). The molecule has 2 amide bonds. The van der Waals surface area contributed by atoms with Crippen LogP contribution in [0.4, 0.5) is 10.1 Å². The van der Waals surface area contributed by atoms with E-state index in [-0.39, 0.29) is 29.7 Å². The Hall–Kier alpha value is -2.60. The van der Waals surface area contributed by atoms with E-state index in [9.17, 15) is 14.0 Å². The molecule has 7 heteroatoms. The Morgan fingerprint density at radius 2 is 1.79 bits per heavy atom. The van der Waals surface area contributed by atoms with Crippen molar-refractivity contribution >= 4 is 29.1 Å². The third-order valence-corrected chi connectivity index (χ3v) is 5.10. The fourth-order valence-electron chi connectivity index (χ4n) is 3.29. The summed E-state index contributed by atoms with van der Waals surface area (Å²) in [5, 5.41) is 3.33. The maximum atomic E-state index is 13.0. The molecule has 0 unspecified atom stereocenters. The predicted molar refractivity (Wildman–Crippen MR) is 111 cm³/mol. The first-order valence-corrected chi connectivity index (χ1v) is 10.0. The molecule has 5 nitrogen and oxygen atoms in total. The summed E-state index contributed by atoms with van der Waals surface area (Å²) in [4.78, 5) is 26.8. The second-order valence-electron chi connectivity index (χ2n) is 7.37. The molecule has 1 N–H and O–H groups in total. The molecule has 1 heterocycles. The smallest absolute Gasteiger partial charge is 0.253 e. The van der Waals surface area contributed by atoms with Gasteiger partial charge in [0.15, 0.2) is 0 Å². The van der Waals surface area contributed by atoms with Crippen molar-refractivity contribution in [2.75, 3.05) is 18.4 Å². The molecule has 0 radical (unpaired) electrons. The van der Waals surface area contributed by atoms with Gasteiger partial charge in [0.05, 0.1) is 11.1 Å². The lowest BCUT2D eigenvalue weighted by molar-refractivity contribution is -0.121. The monoisotopic (exact) mass is 418 g/mol. The quantitative estimate of drug-likeness (QED) is 0.761. The Morgan fingerprint density at radius 1 is 1.14 bits per heavy atom. The zero-order chi connectivity index (χ0) is 21.0. The molecule has 154 valence electrons. The van der Waals surface area contributed by atoms with Crippen molar-refractivity contribution < 1.29 is 18.7 Å². The molecule has 0 saturated carbocycles. The van der Waals surface area contributed by atoms with E-state index in [2.05, 4.69) is 5.32 Å². The summed E-state index contributed by atoms with van der Waals surface area (Å²) >= 11 is 6.22. The number of anilines is 1. The molecular weight excluding hydrogens is 395 g/mol. The van der Waals surface area contributed by atoms with Crippen LogP contribution < -0.4 is 10.1 Å². The number of carbonyl (C=O) groups excluding carboxylic acids is 2. The minimum atomic E-state index is -0.374. The average molecular weight is 419 g/mol. The first-order chi connectivity index (χ1) is 13.8. The number of benzene rings is 2. The van der Waals surface area contributed by atoms with Gasteiger partial charge in [0, 0.05) is 30.3 Å². The van der Waals surface area contributed by atoms with Crippen molar-refractivity contribution in [3.8, 4) is 5.75 Å². The Kier molecular flexibility index (Phi) is 6.75. The van der Waals surface area contributed by atoms with Crippen molar-refractivity contribution in [1.82, 2.24) is 4.90 Å². The van der Waals surface area contributed by atoms with Gasteiger partial charge >= 0.3 is 0 Å². The molecule has 0 atom stereocenters. The summed E-state index contributed by atoms with van der Waals surface area (Å²) in [6.07, 6.45) is 1.15. The van der Waals surface area contributed by atoms with E-state index in [4.69, 9.17) is 16.3 Å². The maximum Gasteiger partial charge on any atom is 0.253 e. The number of halogens is 2. The Balaban J connectivity index is 1.54. The molecule has 1 aliphatic rings. The van der Waals surface area contributed by atoms with Gasteiger partial charge in [-0.2, -0.15) is 0 Å². The Bertz CT molecular complexity index is 878. The molecule has 0 aromatic heterocycles. The van der Waals surface area contributed by atoms with E-state index in [1.165, 1.54) is 24.3 Å². The van der Waals surface area contributed by atoms with Crippen LogP contribution in [0.5, 0.6) is 5.75 Å². The first kappa shape index (κ1) is 21.1. The van der Waals surface area contributed by atoms with Gasteiger partial charge in [-0.05, 0) is 69.2 Å². The van der Waals surface area contributed by atoms with Gasteiger partial charge in [-0.3, -0.25) is 9.59 Å². The molecule has 0 bridgehead atoms. The van der Waals surface area contributed by atoms with Crippen LogP contribution in [0.2, 0.25) is 5.02 Å². The highest BCUT2D eigenvalue weighted by Gasteiger charge is 2.28. The summed E-state index contributed by atoms with van der Waals surface area (Å²) in [7, 11) is 0. The Labute approximate surface area is 174 Å². The SMILES string of the molecule is CC(C)Oc1ccc(NC(=O)C2CCN(C(=O)c3ccc(F)cc3)CC2)cc1Cl. The van der Waals surface area contributed by atoms with E-state index < -0.39 is 0 Å². The van der Waals surface area contributed by atoms with Gasteiger partial charge in [0.1, 0.15) is 11.6 Å². The van der Waals surface area contributed by atoms with Gasteiger partial charge < -0.3 is 15.0 Å². The highest BCUT2D eigenvalue weighted by atomic mass is 35.5.